The third-order valence-corrected chi connectivity index (χ3v) is 10.1. The van der Waals surface area contributed by atoms with Gasteiger partial charge in [0.25, 0.3) is 0 Å². The van der Waals surface area contributed by atoms with Gasteiger partial charge in [0, 0.05) is 59.4 Å². The number of ketones is 2. The first kappa shape index (κ1) is 55.2. The molecule has 0 radical (unpaired) electrons. The molecular formula is C50H74ClF3N2O3. The topological polar surface area (TPSA) is 69.0 Å². The summed E-state index contributed by atoms with van der Waals surface area (Å²) in [4.78, 5) is 36.6. The summed E-state index contributed by atoms with van der Waals surface area (Å²) in [5, 5.41) is 1.75. The number of allylic oxidation sites excluding steroid dienone is 2. The van der Waals surface area contributed by atoms with E-state index in [2.05, 4.69) is 63.2 Å². The van der Waals surface area contributed by atoms with Crippen LogP contribution in [0.5, 0.6) is 0 Å². The van der Waals surface area contributed by atoms with Crippen molar-refractivity contribution in [3.05, 3.63) is 97.9 Å². The van der Waals surface area contributed by atoms with E-state index in [-0.39, 0.29) is 16.7 Å². The Balaban J connectivity index is 0.00000146. The van der Waals surface area contributed by atoms with Crippen molar-refractivity contribution in [1.29, 1.82) is 0 Å². The second-order valence-electron chi connectivity index (χ2n) is 15.8. The van der Waals surface area contributed by atoms with Gasteiger partial charge >= 0.3 is 6.18 Å². The molecule has 0 fully saturated rings. The number of alkyl halides is 3. The van der Waals surface area contributed by atoms with Gasteiger partial charge in [0.15, 0.2) is 5.78 Å². The number of hydrogen-bond donors (Lipinski definition) is 0. The maximum Gasteiger partial charge on any atom is 0.417 e. The summed E-state index contributed by atoms with van der Waals surface area (Å²) in [6.07, 6.45) is 12.7. The number of hydrogen-bond acceptors (Lipinski definition) is 4. The molecule has 330 valence electrons. The van der Waals surface area contributed by atoms with Crippen LogP contribution in [0.4, 0.5) is 13.2 Å². The zero-order valence-corrected chi connectivity index (χ0v) is 39.2. The maximum absolute atomic E-state index is 13.3. The molecule has 0 saturated carbocycles. The third-order valence-electron chi connectivity index (χ3n) is 9.77. The van der Waals surface area contributed by atoms with Crippen LogP contribution in [0.1, 0.15) is 181 Å². The number of rotatable bonds is 17. The number of nitrogens with zero attached hydrogens (tertiary/aromatic N) is 2. The fourth-order valence-electron chi connectivity index (χ4n) is 5.98. The summed E-state index contributed by atoms with van der Waals surface area (Å²) in [6, 6.07) is 8.92. The number of Topliss-reactive ketones (excluding diaryl/α,β-unsaturated/α-hetero) is 2. The Labute approximate surface area is 359 Å². The summed E-state index contributed by atoms with van der Waals surface area (Å²) in [5.74, 6) is 2.10. The number of halogens is 4. The van der Waals surface area contributed by atoms with E-state index in [0.717, 1.165) is 109 Å². The van der Waals surface area contributed by atoms with Crippen LogP contribution in [-0.2, 0) is 28.7 Å². The number of aldehydes is 1. The highest BCUT2D eigenvalue weighted by Gasteiger charge is 2.32. The maximum atomic E-state index is 13.3. The molecular weight excluding hydrogens is 769 g/mol. The van der Waals surface area contributed by atoms with Crippen LogP contribution in [0, 0.1) is 17.8 Å². The molecule has 3 aromatic rings. The lowest BCUT2D eigenvalue weighted by Gasteiger charge is -2.13. The largest absolute Gasteiger partial charge is 0.417 e. The number of pyridine rings is 1. The fraction of sp³-hybridized carbons (Fsp3) is 0.560. The SMILES string of the molecule is CC=O.CCC(C)CC.CCCC(=O)CCC(C)C.CC\C=c1/c(=C(\C=C(/C)CCC)c2ncc(C(F)(F)F)cc2Cl)ccn1Cc1ccc(C(=O)C(C)C)c(CC)c1. The van der Waals surface area contributed by atoms with Gasteiger partial charge in [-0.25, -0.2) is 0 Å². The van der Waals surface area contributed by atoms with Crippen LogP contribution in [0.2, 0.25) is 5.02 Å². The Bertz CT molecular complexity index is 1870. The Hall–Kier alpha value is -3.78. The molecule has 0 aliphatic heterocycles. The zero-order valence-electron chi connectivity index (χ0n) is 38.4. The summed E-state index contributed by atoms with van der Waals surface area (Å²) < 4.78 is 42.1. The summed E-state index contributed by atoms with van der Waals surface area (Å²) >= 11 is 6.45. The first-order valence-electron chi connectivity index (χ1n) is 21.7. The molecule has 0 aliphatic carbocycles. The molecule has 3 rings (SSSR count). The summed E-state index contributed by atoms with van der Waals surface area (Å²) in [7, 11) is 0. The van der Waals surface area contributed by atoms with Crippen molar-refractivity contribution >= 4 is 41.1 Å². The average Bonchev–Trinajstić information content (AvgIpc) is 3.57. The van der Waals surface area contributed by atoms with E-state index < -0.39 is 11.7 Å². The molecule has 0 unspecified atom stereocenters. The second-order valence-corrected chi connectivity index (χ2v) is 16.2. The molecule has 5 nitrogen and oxygen atoms in total. The molecule has 0 amide bonds. The fourth-order valence-corrected chi connectivity index (χ4v) is 6.25. The molecule has 0 aliphatic rings. The van der Waals surface area contributed by atoms with E-state index in [1.807, 2.05) is 72.0 Å². The van der Waals surface area contributed by atoms with Crippen molar-refractivity contribution in [1.82, 2.24) is 9.55 Å². The van der Waals surface area contributed by atoms with Crippen LogP contribution in [-0.4, -0.2) is 27.4 Å². The molecule has 0 saturated heterocycles. The average molecular weight is 844 g/mol. The quantitative estimate of drug-likeness (QED) is 0.100. The Kier molecular flexibility index (Phi) is 27.6. The highest BCUT2D eigenvalue weighted by Crippen LogP contribution is 2.33. The Morgan fingerprint density at radius 3 is 1.97 bits per heavy atom. The normalized spacial score (nSPS) is 12.3. The predicted molar refractivity (Wildman–Crippen MR) is 243 cm³/mol. The number of aryl methyl sites for hydroxylation is 1. The van der Waals surface area contributed by atoms with E-state index in [9.17, 15) is 22.8 Å². The lowest BCUT2D eigenvalue weighted by molar-refractivity contribution is -0.137. The molecule has 0 atom stereocenters. The number of carbonyl (C=O) groups is 3. The molecule has 2 aromatic heterocycles. The molecule has 59 heavy (non-hydrogen) atoms. The number of carbonyl (C=O) groups excluding carboxylic acids is 3. The van der Waals surface area contributed by atoms with Gasteiger partial charge in [-0.2, -0.15) is 13.2 Å². The van der Waals surface area contributed by atoms with Crippen LogP contribution in [0.15, 0.2) is 54.4 Å². The van der Waals surface area contributed by atoms with E-state index in [1.54, 1.807) is 0 Å². The van der Waals surface area contributed by atoms with E-state index in [0.29, 0.717) is 29.5 Å². The second kappa shape index (κ2) is 29.4. The predicted octanol–water partition coefficient (Wildman–Crippen LogP) is 13.6. The van der Waals surface area contributed by atoms with Crippen LogP contribution >= 0.6 is 11.6 Å². The van der Waals surface area contributed by atoms with Gasteiger partial charge in [-0.1, -0.05) is 143 Å². The first-order valence-corrected chi connectivity index (χ1v) is 22.0. The minimum atomic E-state index is -4.53. The smallest absolute Gasteiger partial charge is 0.343 e. The van der Waals surface area contributed by atoms with Gasteiger partial charge in [-0.15, -0.1) is 0 Å². The van der Waals surface area contributed by atoms with Gasteiger partial charge in [0.05, 0.1) is 16.3 Å². The van der Waals surface area contributed by atoms with Crippen molar-refractivity contribution < 1.29 is 27.6 Å². The molecule has 9 heteroatoms. The lowest BCUT2D eigenvalue weighted by atomic mass is 9.93. The molecule has 0 N–H and O–H groups in total. The van der Waals surface area contributed by atoms with Gasteiger partial charge in [0.1, 0.15) is 12.1 Å². The minimum Gasteiger partial charge on any atom is -0.343 e. The number of benzene rings is 1. The Morgan fingerprint density at radius 2 is 1.51 bits per heavy atom. The van der Waals surface area contributed by atoms with Crippen molar-refractivity contribution in [2.45, 2.75) is 167 Å². The zero-order chi connectivity index (χ0) is 45.3. The first-order chi connectivity index (χ1) is 27.8. The van der Waals surface area contributed by atoms with Crippen LogP contribution in [0.25, 0.3) is 11.6 Å². The van der Waals surface area contributed by atoms with Crippen molar-refractivity contribution in [2.75, 3.05) is 0 Å². The van der Waals surface area contributed by atoms with Crippen molar-refractivity contribution in [3.8, 4) is 0 Å². The van der Waals surface area contributed by atoms with Crippen molar-refractivity contribution in [3.63, 3.8) is 0 Å². The van der Waals surface area contributed by atoms with Gasteiger partial charge in [0.2, 0.25) is 0 Å². The third kappa shape index (κ3) is 20.4. The lowest BCUT2D eigenvalue weighted by Crippen LogP contribution is -2.31. The van der Waals surface area contributed by atoms with Crippen molar-refractivity contribution in [2.24, 2.45) is 17.8 Å². The molecule has 1 aromatic carbocycles. The van der Waals surface area contributed by atoms with E-state index in [1.165, 1.54) is 19.8 Å². The summed E-state index contributed by atoms with van der Waals surface area (Å²) in [6.45, 7) is 27.1. The standard InChI is InChI=1S/C33H38ClF3N2O.C9H18O.C6H14.C2H4O/c1-7-10-22(6)16-28(31-29(34)18-25(19-38-31)33(35,36)37)27-14-15-39(30(27)11-8-2)20-23-12-13-26(24(9-3)17-23)32(40)21(4)5;1-4-5-9(10)7-6-8(2)3;1-4-6(3)5-2;1-2-3/h11-19,21H,7-10,20H2,1-6H3;8H,4-7H2,1-3H3;6H,4-5H2,1-3H3;2H,1H3/b22-16+,28-27+,30-11+;;;. The number of aromatic nitrogens is 2. The van der Waals surface area contributed by atoms with Gasteiger partial charge in [-0.3, -0.25) is 14.6 Å². The van der Waals surface area contributed by atoms with Crippen LogP contribution in [0.3, 0.4) is 0 Å². The Morgan fingerprint density at radius 1 is 0.898 bits per heavy atom. The molecule has 2 heterocycles. The molecule has 0 bridgehead atoms. The molecule has 0 spiro atoms. The van der Waals surface area contributed by atoms with E-state index >= 15 is 0 Å². The highest BCUT2D eigenvalue weighted by atomic mass is 35.5. The van der Waals surface area contributed by atoms with E-state index in [4.69, 9.17) is 16.4 Å². The van der Waals surface area contributed by atoms with Crippen LogP contribution < -0.4 is 10.6 Å². The van der Waals surface area contributed by atoms with Gasteiger partial charge in [-0.05, 0) is 81.0 Å². The minimum absolute atomic E-state index is 0.0430. The summed E-state index contributed by atoms with van der Waals surface area (Å²) in [5.41, 5.74) is 4.08. The van der Waals surface area contributed by atoms with Gasteiger partial charge < -0.3 is 9.36 Å². The monoisotopic (exact) mass is 843 g/mol. The highest BCUT2D eigenvalue weighted by molar-refractivity contribution is 6.32.